The van der Waals surface area contributed by atoms with Crippen molar-refractivity contribution in [3.8, 4) is 16.5 Å². The minimum atomic E-state index is -0.568. The van der Waals surface area contributed by atoms with Crippen LogP contribution in [-0.4, -0.2) is 15.9 Å². The lowest BCUT2D eigenvalue weighted by atomic mass is 10.2. The molecule has 2 heterocycles. The van der Waals surface area contributed by atoms with Crippen molar-refractivity contribution in [1.29, 1.82) is 0 Å². The van der Waals surface area contributed by atoms with Crippen LogP contribution in [0, 0.1) is 6.92 Å². The number of carbonyl (C=O) groups is 1. The molecule has 3 rings (SSSR count). The van der Waals surface area contributed by atoms with Crippen molar-refractivity contribution in [2.45, 2.75) is 6.92 Å². The Hall–Kier alpha value is -1.95. The molecule has 116 valence electrons. The minimum Gasteiger partial charge on any atom is -0.403 e. The second-order valence-corrected chi connectivity index (χ2v) is 6.68. The van der Waals surface area contributed by atoms with Crippen molar-refractivity contribution in [2.24, 2.45) is 0 Å². The van der Waals surface area contributed by atoms with Gasteiger partial charge < -0.3 is 4.74 Å². The number of thiazole rings is 1. The first kappa shape index (κ1) is 15.9. The van der Waals surface area contributed by atoms with Gasteiger partial charge in [0, 0.05) is 23.0 Å². The number of carbonyl (C=O) groups excluding carboxylic acids is 1. The lowest BCUT2D eigenvalue weighted by Crippen LogP contribution is -2.10. The Morgan fingerprint density at radius 2 is 1.91 bits per heavy atom. The van der Waals surface area contributed by atoms with E-state index in [0.717, 1.165) is 15.4 Å². The molecule has 0 N–H and O–H groups in total. The topological polar surface area (TPSA) is 52.1 Å². The number of ether oxygens (including phenoxy) is 1. The summed E-state index contributed by atoms with van der Waals surface area (Å²) in [5, 5.41) is 1.45. The number of aromatic nitrogens is 2. The first-order chi connectivity index (χ1) is 11.0. The molecule has 23 heavy (non-hydrogen) atoms. The number of rotatable bonds is 3. The number of halogens is 2. The quantitative estimate of drug-likeness (QED) is 0.610. The maximum atomic E-state index is 12.2. The molecule has 0 bridgehead atoms. The molecule has 1 aromatic carbocycles. The van der Waals surface area contributed by atoms with Crippen molar-refractivity contribution < 1.29 is 9.53 Å². The summed E-state index contributed by atoms with van der Waals surface area (Å²) in [5.41, 5.74) is 1.16. The molecule has 0 aliphatic carbocycles. The third kappa shape index (κ3) is 3.52. The standard InChI is InChI=1S/C16H10Cl2N2O2S/c1-9-14(20-15(23-9)10-4-6-19-7-5-10)22-16(21)12-3-2-11(17)8-13(12)18/h2-8H,1H3. The first-order valence-electron chi connectivity index (χ1n) is 6.59. The summed E-state index contributed by atoms with van der Waals surface area (Å²) in [5.74, 6) is -0.292. The molecule has 0 aliphatic rings. The lowest BCUT2D eigenvalue weighted by molar-refractivity contribution is 0.0728. The third-order valence-corrected chi connectivity index (χ3v) is 4.57. The maximum Gasteiger partial charge on any atom is 0.346 e. The van der Waals surface area contributed by atoms with Crippen LogP contribution < -0.4 is 4.74 Å². The van der Waals surface area contributed by atoms with E-state index in [9.17, 15) is 4.79 Å². The third-order valence-electron chi connectivity index (χ3n) is 3.02. The van der Waals surface area contributed by atoms with Crippen LogP contribution >= 0.6 is 34.5 Å². The fourth-order valence-electron chi connectivity index (χ4n) is 1.89. The highest BCUT2D eigenvalue weighted by Gasteiger charge is 2.18. The highest BCUT2D eigenvalue weighted by atomic mass is 35.5. The van der Waals surface area contributed by atoms with Gasteiger partial charge in [0.05, 0.1) is 15.5 Å². The molecule has 0 atom stereocenters. The maximum absolute atomic E-state index is 12.2. The summed E-state index contributed by atoms with van der Waals surface area (Å²) in [7, 11) is 0. The SMILES string of the molecule is Cc1sc(-c2ccncc2)nc1OC(=O)c1ccc(Cl)cc1Cl. The predicted octanol–water partition coefficient (Wildman–Crippen LogP) is 5.04. The number of esters is 1. The summed E-state index contributed by atoms with van der Waals surface area (Å²) < 4.78 is 5.37. The first-order valence-corrected chi connectivity index (χ1v) is 8.17. The number of benzene rings is 1. The van der Waals surface area contributed by atoms with Crippen LogP contribution in [0.5, 0.6) is 5.88 Å². The van der Waals surface area contributed by atoms with Crippen LogP contribution in [0.1, 0.15) is 15.2 Å². The lowest BCUT2D eigenvalue weighted by Gasteiger charge is -2.04. The van der Waals surface area contributed by atoms with E-state index in [-0.39, 0.29) is 16.5 Å². The molecule has 4 nitrogen and oxygen atoms in total. The molecule has 0 fully saturated rings. The molecule has 7 heteroatoms. The van der Waals surface area contributed by atoms with Gasteiger partial charge in [-0.05, 0) is 37.3 Å². The molecule has 0 spiro atoms. The number of pyridine rings is 1. The van der Waals surface area contributed by atoms with E-state index >= 15 is 0 Å². The van der Waals surface area contributed by atoms with Gasteiger partial charge in [-0.3, -0.25) is 4.98 Å². The number of aryl methyl sites for hydroxylation is 1. The van der Waals surface area contributed by atoms with E-state index in [0.29, 0.717) is 5.02 Å². The molecule has 0 saturated carbocycles. The van der Waals surface area contributed by atoms with E-state index in [1.165, 1.54) is 23.5 Å². The van der Waals surface area contributed by atoms with Crippen molar-refractivity contribution >= 4 is 40.5 Å². The Morgan fingerprint density at radius 3 is 2.61 bits per heavy atom. The molecule has 3 aromatic rings. The summed E-state index contributed by atoms with van der Waals surface area (Å²) >= 11 is 13.3. The second kappa shape index (κ2) is 6.66. The Morgan fingerprint density at radius 1 is 1.17 bits per heavy atom. The average Bonchev–Trinajstić information content (AvgIpc) is 2.89. The van der Waals surface area contributed by atoms with Gasteiger partial charge in [0.25, 0.3) is 0 Å². The van der Waals surface area contributed by atoms with Gasteiger partial charge in [0.2, 0.25) is 5.88 Å². The zero-order valence-corrected chi connectivity index (χ0v) is 14.2. The monoisotopic (exact) mass is 364 g/mol. The van der Waals surface area contributed by atoms with Crippen LogP contribution in [0.3, 0.4) is 0 Å². The number of hydrogen-bond donors (Lipinski definition) is 0. The van der Waals surface area contributed by atoms with Gasteiger partial charge in [-0.25, -0.2) is 9.78 Å². The number of hydrogen-bond acceptors (Lipinski definition) is 5. The van der Waals surface area contributed by atoms with Gasteiger partial charge in [-0.1, -0.05) is 23.2 Å². The van der Waals surface area contributed by atoms with Crippen molar-refractivity contribution in [2.75, 3.05) is 0 Å². The van der Waals surface area contributed by atoms with Gasteiger partial charge in [0.1, 0.15) is 5.01 Å². The van der Waals surface area contributed by atoms with Crippen molar-refractivity contribution in [3.05, 3.63) is 63.2 Å². The zero-order chi connectivity index (χ0) is 16.4. The fraction of sp³-hybridized carbons (Fsp3) is 0.0625. The molecule has 0 radical (unpaired) electrons. The number of nitrogens with zero attached hydrogens (tertiary/aromatic N) is 2. The second-order valence-electron chi connectivity index (χ2n) is 4.63. The van der Waals surface area contributed by atoms with Crippen LogP contribution in [0.25, 0.3) is 10.6 Å². The Balaban J connectivity index is 1.86. The molecule has 0 saturated heterocycles. The molecule has 2 aromatic heterocycles. The van der Waals surface area contributed by atoms with E-state index in [2.05, 4.69) is 9.97 Å². The molecular formula is C16H10Cl2N2O2S. The van der Waals surface area contributed by atoms with Crippen LogP contribution in [-0.2, 0) is 0 Å². The fourth-order valence-corrected chi connectivity index (χ4v) is 3.23. The van der Waals surface area contributed by atoms with Crippen LogP contribution in [0.4, 0.5) is 0 Å². The van der Waals surface area contributed by atoms with E-state index in [1.807, 2.05) is 19.1 Å². The van der Waals surface area contributed by atoms with Gasteiger partial charge >= 0.3 is 5.97 Å². The average molecular weight is 365 g/mol. The molecule has 0 unspecified atom stereocenters. The highest BCUT2D eigenvalue weighted by Crippen LogP contribution is 2.32. The highest BCUT2D eigenvalue weighted by molar-refractivity contribution is 7.15. The molecular weight excluding hydrogens is 355 g/mol. The van der Waals surface area contributed by atoms with Gasteiger partial charge in [0.15, 0.2) is 0 Å². The zero-order valence-electron chi connectivity index (χ0n) is 11.9. The van der Waals surface area contributed by atoms with Crippen molar-refractivity contribution in [3.63, 3.8) is 0 Å². The summed E-state index contributed by atoms with van der Waals surface area (Å²) in [6.45, 7) is 1.84. The summed E-state index contributed by atoms with van der Waals surface area (Å²) in [4.78, 5) is 21.4. The van der Waals surface area contributed by atoms with Crippen LogP contribution in [0.15, 0.2) is 42.7 Å². The minimum absolute atomic E-state index is 0.240. The van der Waals surface area contributed by atoms with E-state index < -0.39 is 5.97 Å². The summed E-state index contributed by atoms with van der Waals surface area (Å²) in [6, 6.07) is 8.30. The van der Waals surface area contributed by atoms with E-state index in [1.54, 1.807) is 18.5 Å². The van der Waals surface area contributed by atoms with Gasteiger partial charge in [-0.15, -0.1) is 11.3 Å². The Kier molecular flexibility index (Phi) is 4.61. The van der Waals surface area contributed by atoms with Gasteiger partial charge in [-0.2, -0.15) is 0 Å². The Labute approximate surface area is 146 Å². The van der Waals surface area contributed by atoms with Crippen molar-refractivity contribution in [1.82, 2.24) is 9.97 Å². The largest absolute Gasteiger partial charge is 0.403 e. The predicted molar refractivity (Wildman–Crippen MR) is 91.5 cm³/mol. The van der Waals surface area contributed by atoms with E-state index in [4.69, 9.17) is 27.9 Å². The smallest absolute Gasteiger partial charge is 0.346 e. The Bertz CT molecular complexity index is 866. The molecule has 0 aliphatic heterocycles. The van der Waals surface area contributed by atoms with Crippen LogP contribution in [0.2, 0.25) is 10.0 Å². The molecule has 0 amide bonds. The summed E-state index contributed by atoms with van der Waals surface area (Å²) in [6.07, 6.45) is 3.37. The normalized spacial score (nSPS) is 10.6.